The van der Waals surface area contributed by atoms with Gasteiger partial charge >= 0.3 is 0 Å². The maximum Gasteiger partial charge on any atom is 0.253 e. The Hall–Kier alpha value is -2.19. The average Bonchev–Trinajstić information content (AvgIpc) is 2.50. The molecule has 1 amide bonds. The molecule has 0 heterocycles. The molecule has 3 nitrogen and oxygen atoms in total. The van der Waals surface area contributed by atoms with E-state index < -0.39 is 5.82 Å². The topological polar surface area (TPSA) is 44.1 Å². The third kappa shape index (κ3) is 3.67. The number of rotatable bonds is 3. The maximum absolute atomic E-state index is 13.5. The summed E-state index contributed by atoms with van der Waals surface area (Å²) in [6, 6.07) is 13.3. The third-order valence-electron chi connectivity index (χ3n) is 3.02. The summed E-state index contributed by atoms with van der Waals surface area (Å²) < 4.78 is 13.8. The van der Waals surface area contributed by atoms with E-state index in [-0.39, 0.29) is 5.91 Å². The van der Waals surface area contributed by atoms with Crippen LogP contribution in [0.25, 0.3) is 0 Å². The number of carbonyl (C=O) groups excluding carboxylic acids is 1. The number of carbonyl (C=O) groups is 1. The Morgan fingerprint density at radius 1 is 1.29 bits per heavy atom. The van der Waals surface area contributed by atoms with Gasteiger partial charge in [-0.3, -0.25) is 4.79 Å². The molecule has 0 N–H and O–H groups in total. The predicted molar refractivity (Wildman–Crippen MR) is 81.1 cm³/mol. The van der Waals surface area contributed by atoms with Crippen molar-refractivity contribution in [3.63, 3.8) is 0 Å². The molecule has 0 spiro atoms. The summed E-state index contributed by atoms with van der Waals surface area (Å²) in [5.41, 5.74) is 1.77. The lowest BCUT2D eigenvalue weighted by Gasteiger charge is -2.17. The number of hydrogen-bond acceptors (Lipinski definition) is 2. The molecule has 0 fully saturated rings. The van der Waals surface area contributed by atoms with E-state index in [1.54, 1.807) is 37.4 Å². The highest BCUT2D eigenvalue weighted by Crippen LogP contribution is 2.18. The highest BCUT2D eigenvalue weighted by Gasteiger charge is 2.13. The van der Waals surface area contributed by atoms with Crippen molar-refractivity contribution in [2.24, 2.45) is 0 Å². The number of nitriles is 1. The summed E-state index contributed by atoms with van der Waals surface area (Å²) in [4.78, 5) is 13.7. The van der Waals surface area contributed by atoms with Crippen LogP contribution in [0.5, 0.6) is 0 Å². The quantitative estimate of drug-likeness (QED) is 0.849. The minimum atomic E-state index is -0.465. The molecule has 0 radical (unpaired) electrons. The first-order valence-electron chi connectivity index (χ1n) is 6.21. The highest BCUT2D eigenvalue weighted by molar-refractivity contribution is 9.10. The molecule has 21 heavy (non-hydrogen) atoms. The molecule has 2 rings (SSSR count). The number of benzene rings is 2. The van der Waals surface area contributed by atoms with E-state index in [0.717, 1.165) is 5.56 Å². The van der Waals surface area contributed by atoms with Crippen LogP contribution in [0.3, 0.4) is 0 Å². The number of hydrogen-bond donors (Lipinski definition) is 0. The van der Waals surface area contributed by atoms with Crippen molar-refractivity contribution in [1.29, 1.82) is 5.26 Å². The molecular weight excluding hydrogens is 335 g/mol. The van der Waals surface area contributed by atoms with Crippen molar-refractivity contribution in [1.82, 2.24) is 4.90 Å². The summed E-state index contributed by atoms with van der Waals surface area (Å²) in [6.07, 6.45) is 0. The fourth-order valence-corrected chi connectivity index (χ4v) is 2.13. The van der Waals surface area contributed by atoms with Crippen LogP contribution < -0.4 is 0 Å². The average molecular weight is 347 g/mol. The van der Waals surface area contributed by atoms with Crippen LogP contribution in [0.1, 0.15) is 21.5 Å². The molecular formula is C16H12BrFN2O. The molecule has 106 valence electrons. The van der Waals surface area contributed by atoms with Crippen LogP contribution >= 0.6 is 15.9 Å². The van der Waals surface area contributed by atoms with Gasteiger partial charge in [0.05, 0.1) is 16.1 Å². The van der Waals surface area contributed by atoms with E-state index in [0.29, 0.717) is 22.1 Å². The van der Waals surface area contributed by atoms with Crippen molar-refractivity contribution in [3.05, 3.63) is 69.4 Å². The van der Waals surface area contributed by atoms with E-state index in [1.165, 1.54) is 17.0 Å². The Balaban J connectivity index is 2.11. The molecule has 2 aromatic rings. The van der Waals surface area contributed by atoms with Gasteiger partial charge in [-0.1, -0.05) is 12.1 Å². The van der Waals surface area contributed by atoms with Gasteiger partial charge in [-0.25, -0.2) is 4.39 Å². The molecule has 0 bridgehead atoms. The molecule has 0 saturated carbocycles. The smallest absolute Gasteiger partial charge is 0.253 e. The predicted octanol–water partition coefficient (Wildman–Crippen LogP) is 3.73. The van der Waals surface area contributed by atoms with Gasteiger partial charge in [-0.05, 0) is 51.8 Å². The third-order valence-corrected chi connectivity index (χ3v) is 3.66. The molecule has 0 aliphatic rings. The van der Waals surface area contributed by atoms with Gasteiger partial charge in [0.15, 0.2) is 0 Å². The Morgan fingerprint density at radius 3 is 2.52 bits per heavy atom. The summed E-state index contributed by atoms with van der Waals surface area (Å²) in [5, 5.41) is 8.74. The summed E-state index contributed by atoms with van der Waals surface area (Å²) >= 11 is 3.06. The number of halogens is 2. The first-order valence-corrected chi connectivity index (χ1v) is 7.00. The SMILES string of the molecule is CN(Cc1ccc(C#N)cc1)C(=O)c1ccc(Br)c(F)c1. The standard InChI is InChI=1S/C16H12BrFN2O/c1-20(10-12-4-2-11(9-19)3-5-12)16(21)13-6-7-14(17)15(18)8-13/h2-8H,10H2,1H3. The van der Waals surface area contributed by atoms with Crippen LogP contribution in [0.4, 0.5) is 4.39 Å². The minimum absolute atomic E-state index is 0.259. The molecule has 0 saturated heterocycles. The molecule has 0 aliphatic heterocycles. The monoisotopic (exact) mass is 346 g/mol. The zero-order valence-electron chi connectivity index (χ0n) is 11.3. The molecule has 0 atom stereocenters. The molecule has 0 aromatic heterocycles. The second-order valence-corrected chi connectivity index (χ2v) is 5.45. The fraction of sp³-hybridized carbons (Fsp3) is 0.125. The Morgan fingerprint density at radius 2 is 1.95 bits per heavy atom. The van der Waals surface area contributed by atoms with Gasteiger partial charge < -0.3 is 4.90 Å². The molecule has 5 heteroatoms. The minimum Gasteiger partial charge on any atom is -0.337 e. The van der Waals surface area contributed by atoms with E-state index in [9.17, 15) is 9.18 Å². The normalized spacial score (nSPS) is 10.0. The lowest BCUT2D eigenvalue weighted by atomic mass is 10.1. The Kier molecular flexibility index (Phi) is 4.71. The van der Waals surface area contributed by atoms with E-state index in [4.69, 9.17) is 5.26 Å². The van der Waals surface area contributed by atoms with Crippen LogP contribution in [-0.4, -0.2) is 17.9 Å². The molecule has 0 aliphatic carbocycles. The summed E-state index contributed by atoms with van der Waals surface area (Å²) in [5.74, 6) is -0.724. The molecule has 0 unspecified atom stereocenters. The fourth-order valence-electron chi connectivity index (χ4n) is 1.88. The maximum atomic E-state index is 13.5. The number of amides is 1. The van der Waals surface area contributed by atoms with Crippen molar-refractivity contribution in [2.75, 3.05) is 7.05 Å². The zero-order chi connectivity index (χ0) is 15.4. The highest BCUT2D eigenvalue weighted by atomic mass is 79.9. The summed E-state index contributed by atoms with van der Waals surface area (Å²) in [7, 11) is 1.65. The van der Waals surface area contributed by atoms with Gasteiger partial charge in [0.25, 0.3) is 5.91 Å². The second kappa shape index (κ2) is 6.51. The first kappa shape index (κ1) is 15.2. The lowest BCUT2D eigenvalue weighted by Crippen LogP contribution is -2.26. The van der Waals surface area contributed by atoms with Crippen LogP contribution in [0.2, 0.25) is 0 Å². The number of nitrogens with zero attached hydrogens (tertiary/aromatic N) is 2. The van der Waals surface area contributed by atoms with Gasteiger partial charge in [0.2, 0.25) is 0 Å². The molecule has 2 aromatic carbocycles. The second-order valence-electron chi connectivity index (χ2n) is 4.60. The Labute approximate surface area is 130 Å². The summed E-state index contributed by atoms with van der Waals surface area (Å²) in [6.45, 7) is 0.391. The van der Waals surface area contributed by atoms with Crippen molar-refractivity contribution in [3.8, 4) is 6.07 Å². The largest absolute Gasteiger partial charge is 0.337 e. The van der Waals surface area contributed by atoms with E-state index in [2.05, 4.69) is 15.9 Å². The van der Waals surface area contributed by atoms with Crippen LogP contribution in [0, 0.1) is 17.1 Å². The van der Waals surface area contributed by atoms with E-state index >= 15 is 0 Å². The van der Waals surface area contributed by atoms with Gasteiger partial charge in [-0.2, -0.15) is 5.26 Å². The first-order chi connectivity index (χ1) is 10.0. The van der Waals surface area contributed by atoms with Gasteiger partial charge in [0.1, 0.15) is 5.82 Å². The van der Waals surface area contributed by atoms with Crippen LogP contribution in [0.15, 0.2) is 46.9 Å². The van der Waals surface area contributed by atoms with Crippen molar-refractivity contribution >= 4 is 21.8 Å². The lowest BCUT2D eigenvalue weighted by molar-refractivity contribution is 0.0784. The Bertz CT molecular complexity index is 707. The van der Waals surface area contributed by atoms with Crippen molar-refractivity contribution in [2.45, 2.75) is 6.54 Å². The van der Waals surface area contributed by atoms with Gasteiger partial charge in [0, 0.05) is 19.2 Å². The van der Waals surface area contributed by atoms with Crippen molar-refractivity contribution < 1.29 is 9.18 Å². The van der Waals surface area contributed by atoms with E-state index in [1.807, 2.05) is 6.07 Å². The van der Waals surface area contributed by atoms with Crippen LogP contribution in [-0.2, 0) is 6.54 Å². The zero-order valence-corrected chi connectivity index (χ0v) is 12.9. The van der Waals surface area contributed by atoms with Gasteiger partial charge in [-0.15, -0.1) is 0 Å².